The first-order valence-electron chi connectivity index (χ1n) is 9.30. The molecule has 3 unspecified atom stereocenters. The summed E-state index contributed by atoms with van der Waals surface area (Å²) in [4.78, 5) is 15.2. The van der Waals surface area contributed by atoms with Crippen molar-refractivity contribution in [2.24, 2.45) is 0 Å². The highest BCUT2D eigenvalue weighted by Crippen LogP contribution is 2.37. The Hall–Kier alpha value is -2.15. The Labute approximate surface area is 150 Å². The van der Waals surface area contributed by atoms with E-state index in [-0.39, 0.29) is 23.3 Å². The Kier molecular flexibility index (Phi) is 3.50. The molecule has 2 bridgehead atoms. The van der Waals surface area contributed by atoms with Crippen LogP contribution in [-0.2, 0) is 11.3 Å². The van der Waals surface area contributed by atoms with Crippen molar-refractivity contribution in [1.29, 1.82) is 0 Å². The van der Waals surface area contributed by atoms with Crippen molar-refractivity contribution in [1.82, 2.24) is 14.7 Å². The first kappa shape index (κ1) is 16.1. The zero-order valence-electron chi connectivity index (χ0n) is 14.9. The van der Waals surface area contributed by atoms with Crippen LogP contribution in [0.5, 0.6) is 5.75 Å². The van der Waals surface area contributed by atoms with Crippen LogP contribution in [0.15, 0.2) is 12.1 Å². The number of halogens is 1. The van der Waals surface area contributed by atoms with Gasteiger partial charge in [0.15, 0.2) is 5.69 Å². The highest BCUT2D eigenvalue weighted by molar-refractivity contribution is 6.04. The van der Waals surface area contributed by atoms with Crippen molar-refractivity contribution in [3.63, 3.8) is 0 Å². The van der Waals surface area contributed by atoms with E-state index in [2.05, 4.69) is 17.0 Å². The predicted octanol–water partition coefficient (Wildman–Crippen LogP) is 2.74. The second kappa shape index (κ2) is 5.67. The van der Waals surface area contributed by atoms with Crippen LogP contribution in [0.1, 0.15) is 43.1 Å². The molecule has 1 aromatic heterocycles. The summed E-state index contributed by atoms with van der Waals surface area (Å²) < 4.78 is 27.7. The van der Waals surface area contributed by atoms with Crippen LogP contribution < -0.4 is 4.74 Å². The summed E-state index contributed by atoms with van der Waals surface area (Å²) in [5.74, 6) is -0.444. The molecule has 0 aliphatic carbocycles. The molecular formula is C19H22FN3O3. The molecule has 2 aromatic rings. The molecule has 3 aliphatic heterocycles. The maximum atomic E-state index is 14.5. The summed E-state index contributed by atoms with van der Waals surface area (Å²) in [7, 11) is 2.14. The van der Waals surface area contributed by atoms with E-state index in [0.29, 0.717) is 29.9 Å². The molecular weight excluding hydrogens is 337 g/mol. The number of hydrogen-bond donors (Lipinski definition) is 0. The molecule has 6 nitrogen and oxygen atoms in total. The van der Waals surface area contributed by atoms with E-state index in [4.69, 9.17) is 9.47 Å². The largest absolute Gasteiger partial charge is 0.487 e. The number of aromatic nitrogens is 2. The van der Waals surface area contributed by atoms with Gasteiger partial charge in [0.25, 0.3) is 0 Å². The van der Waals surface area contributed by atoms with Crippen molar-refractivity contribution in [2.75, 3.05) is 7.05 Å². The minimum Gasteiger partial charge on any atom is -0.487 e. The summed E-state index contributed by atoms with van der Waals surface area (Å²) in [5.41, 5.74) is 0.599. The fourth-order valence-electron chi connectivity index (χ4n) is 4.78. The van der Waals surface area contributed by atoms with Crippen molar-refractivity contribution in [2.45, 2.75) is 63.4 Å². The Balaban J connectivity index is 1.46. The molecule has 2 saturated heterocycles. The summed E-state index contributed by atoms with van der Waals surface area (Å²) in [5, 5.41) is 4.58. The van der Waals surface area contributed by atoms with E-state index in [9.17, 15) is 9.18 Å². The molecule has 0 saturated carbocycles. The van der Waals surface area contributed by atoms with E-state index < -0.39 is 11.8 Å². The summed E-state index contributed by atoms with van der Waals surface area (Å²) >= 11 is 0. The molecule has 0 radical (unpaired) electrons. The van der Waals surface area contributed by atoms with E-state index >= 15 is 0 Å². The summed E-state index contributed by atoms with van der Waals surface area (Å²) in [6.45, 7) is 2.41. The lowest BCUT2D eigenvalue weighted by atomic mass is 10.0. The number of rotatable bonds is 2. The lowest BCUT2D eigenvalue weighted by molar-refractivity contribution is -0.000943. The highest BCUT2D eigenvalue weighted by atomic mass is 19.1. The fourth-order valence-corrected chi connectivity index (χ4v) is 4.78. The fraction of sp³-hybridized carbons (Fsp3) is 0.579. The number of esters is 1. The van der Waals surface area contributed by atoms with Gasteiger partial charge in [0.05, 0.1) is 11.9 Å². The van der Waals surface area contributed by atoms with Crippen LogP contribution in [0.25, 0.3) is 10.9 Å². The monoisotopic (exact) mass is 359 g/mol. The van der Waals surface area contributed by atoms with E-state index in [1.54, 1.807) is 10.7 Å². The summed E-state index contributed by atoms with van der Waals surface area (Å²) in [6, 6.07) is 3.87. The quantitative estimate of drug-likeness (QED) is 0.772. The molecule has 7 heteroatoms. The highest BCUT2D eigenvalue weighted by Gasteiger charge is 2.40. The molecule has 26 heavy (non-hydrogen) atoms. The van der Waals surface area contributed by atoms with Crippen LogP contribution >= 0.6 is 0 Å². The molecule has 3 aliphatic rings. The third-order valence-corrected chi connectivity index (χ3v) is 6.09. The van der Waals surface area contributed by atoms with Crippen molar-refractivity contribution in [3.8, 4) is 5.75 Å². The topological polar surface area (TPSA) is 56.6 Å². The van der Waals surface area contributed by atoms with Crippen LogP contribution in [0, 0.1) is 5.82 Å². The van der Waals surface area contributed by atoms with E-state index in [1.807, 2.05) is 6.92 Å². The Morgan fingerprint density at radius 1 is 1.31 bits per heavy atom. The number of piperidine rings is 1. The molecule has 5 rings (SSSR count). The van der Waals surface area contributed by atoms with Crippen LogP contribution in [-0.4, -0.2) is 52.0 Å². The van der Waals surface area contributed by atoms with E-state index in [1.165, 1.54) is 6.07 Å². The third-order valence-electron chi connectivity index (χ3n) is 6.09. The van der Waals surface area contributed by atoms with Crippen molar-refractivity contribution < 1.29 is 18.7 Å². The number of nitrogens with zero attached hydrogens (tertiary/aromatic N) is 3. The average Bonchev–Trinajstić information content (AvgIpc) is 3.06. The number of carbonyl (C=O) groups excluding carboxylic acids is 1. The Morgan fingerprint density at radius 2 is 2.04 bits per heavy atom. The first-order valence-corrected chi connectivity index (χ1v) is 9.30. The molecule has 0 N–H and O–H groups in total. The maximum absolute atomic E-state index is 14.5. The van der Waals surface area contributed by atoms with Gasteiger partial charge >= 0.3 is 5.97 Å². The van der Waals surface area contributed by atoms with E-state index in [0.717, 1.165) is 25.7 Å². The van der Waals surface area contributed by atoms with Gasteiger partial charge in [0.2, 0.25) is 0 Å². The van der Waals surface area contributed by atoms with Gasteiger partial charge in [-0.15, -0.1) is 0 Å². The second-order valence-electron chi connectivity index (χ2n) is 7.78. The van der Waals surface area contributed by atoms with Crippen LogP contribution in [0.4, 0.5) is 4.39 Å². The van der Waals surface area contributed by atoms with Gasteiger partial charge in [-0.2, -0.15) is 5.10 Å². The van der Waals surface area contributed by atoms with Gasteiger partial charge < -0.3 is 14.4 Å². The molecule has 4 heterocycles. The van der Waals surface area contributed by atoms with Gasteiger partial charge in [0.1, 0.15) is 29.3 Å². The molecule has 1 aromatic carbocycles. The number of benzene rings is 1. The van der Waals surface area contributed by atoms with Gasteiger partial charge in [-0.1, -0.05) is 0 Å². The molecule has 3 atom stereocenters. The predicted molar refractivity (Wildman–Crippen MR) is 92.8 cm³/mol. The number of fused-ring (bicyclic) bond motifs is 2. The number of carbonyl (C=O) groups is 1. The van der Waals surface area contributed by atoms with Gasteiger partial charge in [-0.3, -0.25) is 4.68 Å². The van der Waals surface area contributed by atoms with Crippen LogP contribution in [0.2, 0.25) is 0 Å². The first-order chi connectivity index (χ1) is 12.5. The average molecular weight is 359 g/mol. The minimum atomic E-state index is -0.534. The third kappa shape index (κ3) is 2.33. The standard InChI is InChI=1S/C19H22FN3O3/c1-10-9-23-18-15(25-10)6-5-14(20)16(18)17(21-23)19(24)26-13-7-11-3-4-12(8-13)22(11)2/h5-6,10-13H,3-4,7-9H2,1-2H3. The van der Waals surface area contributed by atoms with Crippen molar-refractivity contribution >= 4 is 16.9 Å². The van der Waals surface area contributed by atoms with Crippen molar-refractivity contribution in [3.05, 3.63) is 23.6 Å². The van der Waals surface area contributed by atoms with Crippen LogP contribution in [0.3, 0.4) is 0 Å². The Bertz CT molecular complexity index is 882. The normalized spacial score (nSPS) is 30.4. The molecule has 138 valence electrons. The van der Waals surface area contributed by atoms with Gasteiger partial charge in [-0.25, -0.2) is 9.18 Å². The molecule has 0 amide bonds. The number of hydrogen-bond acceptors (Lipinski definition) is 5. The maximum Gasteiger partial charge on any atom is 0.359 e. The molecule has 2 fully saturated rings. The zero-order chi connectivity index (χ0) is 18.0. The lowest BCUT2D eigenvalue weighted by Crippen LogP contribution is -2.43. The minimum absolute atomic E-state index is 0.0586. The van der Waals surface area contributed by atoms with Gasteiger partial charge in [-0.05, 0) is 38.9 Å². The Morgan fingerprint density at radius 3 is 2.77 bits per heavy atom. The summed E-state index contributed by atoms with van der Waals surface area (Å²) in [6.07, 6.45) is 3.78. The van der Waals surface area contributed by atoms with Gasteiger partial charge in [0, 0.05) is 24.9 Å². The SMILES string of the molecule is CC1Cn2nc(C(=O)OC3CC4CCC(C3)N4C)c3c(F)ccc(c32)O1. The second-order valence-corrected chi connectivity index (χ2v) is 7.78. The molecule has 0 spiro atoms. The zero-order valence-corrected chi connectivity index (χ0v) is 14.9. The smallest absolute Gasteiger partial charge is 0.359 e. The number of ether oxygens (including phenoxy) is 2. The lowest BCUT2D eigenvalue weighted by Gasteiger charge is -2.35.